The zero-order valence-electron chi connectivity index (χ0n) is 13.3. The molecule has 0 radical (unpaired) electrons. The molecule has 3 rings (SSSR count). The Hall–Kier alpha value is -2.90. The van der Waals surface area contributed by atoms with E-state index >= 15 is 0 Å². The fraction of sp³-hybridized carbons (Fsp3) is 0.333. The van der Waals surface area contributed by atoms with Gasteiger partial charge in [0.05, 0.1) is 12.7 Å². The molecule has 23 heavy (non-hydrogen) atoms. The van der Waals surface area contributed by atoms with Gasteiger partial charge in [0, 0.05) is 33.0 Å². The first-order valence-corrected chi connectivity index (χ1v) is 7.47. The molecule has 8 nitrogen and oxygen atoms in total. The van der Waals surface area contributed by atoms with E-state index in [9.17, 15) is 0 Å². The largest absolute Gasteiger partial charge is 0.356 e. The Balaban J connectivity index is 1.51. The minimum Gasteiger partial charge on any atom is -0.356 e. The first kappa shape index (κ1) is 15.0. The van der Waals surface area contributed by atoms with Gasteiger partial charge in [-0.05, 0) is 24.1 Å². The van der Waals surface area contributed by atoms with Gasteiger partial charge in [0.25, 0.3) is 0 Å². The van der Waals surface area contributed by atoms with Crippen LogP contribution in [0.1, 0.15) is 11.4 Å². The Kier molecular flexibility index (Phi) is 4.51. The van der Waals surface area contributed by atoms with Crippen LogP contribution >= 0.6 is 0 Å². The second kappa shape index (κ2) is 6.91. The summed E-state index contributed by atoms with van der Waals surface area (Å²) in [6.07, 6.45) is 6.73. The Morgan fingerprint density at radius 1 is 1.26 bits per heavy atom. The minimum absolute atomic E-state index is 0.553. The highest BCUT2D eigenvalue weighted by Crippen LogP contribution is 2.02. The van der Waals surface area contributed by atoms with Crippen molar-refractivity contribution in [2.45, 2.75) is 13.0 Å². The topological polar surface area (TPSA) is 84.4 Å². The number of pyridine rings is 1. The molecule has 0 aliphatic carbocycles. The molecule has 0 aliphatic rings. The smallest absolute Gasteiger partial charge is 0.191 e. The summed E-state index contributed by atoms with van der Waals surface area (Å²) in [7, 11) is 3.67. The third-order valence-corrected chi connectivity index (χ3v) is 3.49. The summed E-state index contributed by atoms with van der Waals surface area (Å²) in [4.78, 5) is 4.22. The van der Waals surface area contributed by atoms with Gasteiger partial charge in [0.1, 0.15) is 0 Å². The molecule has 3 aromatic rings. The van der Waals surface area contributed by atoms with Crippen LogP contribution in [0.15, 0.2) is 41.8 Å². The predicted molar refractivity (Wildman–Crippen MR) is 88.1 cm³/mol. The number of guanidine groups is 1. The lowest BCUT2D eigenvalue weighted by Crippen LogP contribution is -2.38. The lowest BCUT2D eigenvalue weighted by Gasteiger charge is -2.10. The summed E-state index contributed by atoms with van der Waals surface area (Å²) in [6, 6.07) is 5.83. The molecule has 0 aliphatic heterocycles. The highest BCUT2D eigenvalue weighted by Gasteiger charge is 2.05. The van der Waals surface area contributed by atoms with Crippen LogP contribution in [-0.4, -0.2) is 43.9 Å². The fourth-order valence-electron chi connectivity index (χ4n) is 2.32. The monoisotopic (exact) mass is 312 g/mol. The van der Waals surface area contributed by atoms with Crippen LogP contribution in [0.3, 0.4) is 0 Å². The maximum Gasteiger partial charge on any atom is 0.191 e. The van der Waals surface area contributed by atoms with Gasteiger partial charge in [0.2, 0.25) is 0 Å². The normalized spacial score (nSPS) is 11.8. The van der Waals surface area contributed by atoms with Gasteiger partial charge in [0.15, 0.2) is 17.4 Å². The second-order valence-corrected chi connectivity index (χ2v) is 5.17. The third kappa shape index (κ3) is 3.65. The zero-order valence-corrected chi connectivity index (χ0v) is 13.3. The molecule has 0 amide bonds. The first-order chi connectivity index (χ1) is 11.3. The molecule has 0 saturated carbocycles. The van der Waals surface area contributed by atoms with E-state index in [1.807, 2.05) is 48.2 Å². The van der Waals surface area contributed by atoms with Gasteiger partial charge in [-0.1, -0.05) is 6.07 Å². The van der Waals surface area contributed by atoms with E-state index in [4.69, 9.17) is 0 Å². The first-order valence-electron chi connectivity index (χ1n) is 7.47. The SMILES string of the molecule is CN=C(NCCc1cnn(C)c1)NCc1nnc2ccccn12. The van der Waals surface area contributed by atoms with Crippen molar-refractivity contribution in [1.82, 2.24) is 35.0 Å². The van der Waals surface area contributed by atoms with Crippen LogP contribution in [0.2, 0.25) is 0 Å². The maximum absolute atomic E-state index is 4.22. The van der Waals surface area contributed by atoms with Gasteiger partial charge in [-0.15, -0.1) is 10.2 Å². The number of aliphatic imine (C=N–C) groups is 1. The third-order valence-electron chi connectivity index (χ3n) is 3.49. The molecular formula is C15H20N8. The highest BCUT2D eigenvalue weighted by atomic mass is 15.3. The summed E-state index contributed by atoms with van der Waals surface area (Å²) in [6.45, 7) is 1.34. The molecule has 3 heterocycles. The van der Waals surface area contributed by atoms with E-state index in [0.717, 1.165) is 30.4 Å². The molecule has 3 aromatic heterocycles. The van der Waals surface area contributed by atoms with Crippen molar-refractivity contribution < 1.29 is 0 Å². The summed E-state index contributed by atoms with van der Waals surface area (Å²) in [5.74, 6) is 1.58. The average Bonchev–Trinajstić information content (AvgIpc) is 3.17. The number of fused-ring (bicyclic) bond motifs is 1. The Morgan fingerprint density at radius 2 is 2.17 bits per heavy atom. The molecule has 0 saturated heterocycles. The Bertz CT molecular complexity index is 801. The molecule has 0 bridgehead atoms. The summed E-state index contributed by atoms with van der Waals surface area (Å²) < 4.78 is 3.76. The van der Waals surface area contributed by atoms with Crippen LogP contribution in [0.25, 0.3) is 5.65 Å². The standard InChI is InChI=1S/C15H20N8/c1-16-15(17-7-6-12-9-19-22(2)11-12)18-10-14-21-20-13-5-3-4-8-23(13)14/h3-5,8-9,11H,6-7,10H2,1-2H3,(H2,16,17,18). The number of nitrogens with one attached hydrogen (secondary N) is 2. The highest BCUT2D eigenvalue weighted by molar-refractivity contribution is 5.79. The van der Waals surface area contributed by atoms with Crippen molar-refractivity contribution in [2.75, 3.05) is 13.6 Å². The molecule has 120 valence electrons. The lowest BCUT2D eigenvalue weighted by molar-refractivity contribution is 0.754. The predicted octanol–water partition coefficient (Wildman–Crippen LogP) is 0.371. The van der Waals surface area contributed by atoms with Crippen molar-refractivity contribution in [2.24, 2.45) is 12.0 Å². The van der Waals surface area contributed by atoms with Gasteiger partial charge in [-0.2, -0.15) is 5.10 Å². The van der Waals surface area contributed by atoms with Gasteiger partial charge >= 0.3 is 0 Å². The molecular weight excluding hydrogens is 292 g/mol. The van der Waals surface area contributed by atoms with Crippen molar-refractivity contribution >= 4 is 11.6 Å². The summed E-state index contributed by atoms with van der Waals surface area (Å²) in [5.41, 5.74) is 2.03. The van der Waals surface area contributed by atoms with E-state index in [-0.39, 0.29) is 0 Å². The number of rotatable bonds is 5. The average molecular weight is 312 g/mol. The lowest BCUT2D eigenvalue weighted by atomic mass is 10.2. The second-order valence-electron chi connectivity index (χ2n) is 5.17. The number of aryl methyl sites for hydroxylation is 1. The van der Waals surface area contributed by atoms with Crippen LogP contribution in [0, 0.1) is 0 Å². The molecule has 0 aromatic carbocycles. The molecule has 0 spiro atoms. The molecule has 0 fully saturated rings. The van der Waals surface area contributed by atoms with Crippen LogP contribution in [0.5, 0.6) is 0 Å². The number of aromatic nitrogens is 5. The van der Waals surface area contributed by atoms with Gasteiger partial charge in [-0.3, -0.25) is 14.1 Å². The molecule has 0 unspecified atom stereocenters. The van der Waals surface area contributed by atoms with Gasteiger partial charge < -0.3 is 10.6 Å². The van der Waals surface area contributed by atoms with E-state index in [1.165, 1.54) is 5.56 Å². The maximum atomic E-state index is 4.22. The fourth-order valence-corrected chi connectivity index (χ4v) is 2.32. The molecule has 2 N–H and O–H groups in total. The van der Waals surface area contributed by atoms with E-state index < -0.39 is 0 Å². The Morgan fingerprint density at radius 3 is 2.96 bits per heavy atom. The van der Waals surface area contributed by atoms with Crippen LogP contribution in [-0.2, 0) is 20.0 Å². The summed E-state index contributed by atoms with van der Waals surface area (Å²) in [5, 5.41) is 19.0. The van der Waals surface area contributed by atoms with Gasteiger partial charge in [-0.25, -0.2) is 0 Å². The number of nitrogens with zero attached hydrogens (tertiary/aromatic N) is 6. The van der Waals surface area contributed by atoms with Crippen LogP contribution < -0.4 is 10.6 Å². The van der Waals surface area contributed by atoms with E-state index in [1.54, 1.807) is 11.7 Å². The number of hydrogen-bond acceptors (Lipinski definition) is 4. The van der Waals surface area contributed by atoms with E-state index in [0.29, 0.717) is 6.54 Å². The summed E-state index contributed by atoms with van der Waals surface area (Å²) >= 11 is 0. The Labute approximate surface area is 134 Å². The van der Waals surface area contributed by atoms with Crippen molar-refractivity contribution in [1.29, 1.82) is 0 Å². The van der Waals surface area contributed by atoms with E-state index in [2.05, 4.69) is 30.9 Å². The van der Waals surface area contributed by atoms with Crippen molar-refractivity contribution in [3.63, 3.8) is 0 Å². The van der Waals surface area contributed by atoms with Crippen LogP contribution in [0.4, 0.5) is 0 Å². The molecule has 0 atom stereocenters. The zero-order chi connectivity index (χ0) is 16.1. The van der Waals surface area contributed by atoms with Crippen molar-refractivity contribution in [3.8, 4) is 0 Å². The number of hydrogen-bond donors (Lipinski definition) is 2. The molecule has 8 heteroatoms. The quantitative estimate of drug-likeness (QED) is 0.525. The minimum atomic E-state index is 0.553. The van der Waals surface area contributed by atoms with Crippen molar-refractivity contribution in [3.05, 3.63) is 48.2 Å².